The van der Waals surface area contributed by atoms with Crippen LogP contribution in [0, 0.1) is 0 Å². The fraction of sp³-hybridized carbons (Fsp3) is 0.750. The molecule has 0 spiro atoms. The predicted molar refractivity (Wildman–Crippen MR) is 65.2 cm³/mol. The van der Waals surface area contributed by atoms with Crippen molar-refractivity contribution in [2.75, 3.05) is 13.2 Å². The molecule has 16 heavy (non-hydrogen) atoms. The molecule has 0 aliphatic heterocycles. The van der Waals surface area contributed by atoms with Crippen LogP contribution in [0.1, 0.15) is 31.7 Å². The Labute approximate surface area is 97.8 Å². The summed E-state index contributed by atoms with van der Waals surface area (Å²) >= 11 is 0. The van der Waals surface area contributed by atoms with E-state index in [-0.39, 0.29) is 6.04 Å². The summed E-state index contributed by atoms with van der Waals surface area (Å²) < 4.78 is 7.11. The lowest BCUT2D eigenvalue weighted by Crippen LogP contribution is -2.21. The number of hydrogen-bond donors (Lipinski definition) is 1. The first-order chi connectivity index (χ1) is 7.72. The zero-order valence-electron chi connectivity index (χ0n) is 10.4. The van der Waals surface area contributed by atoms with Crippen LogP contribution in [-0.4, -0.2) is 29.0 Å². The number of aryl methyl sites for hydroxylation is 2. The van der Waals surface area contributed by atoms with Crippen molar-refractivity contribution in [2.45, 2.75) is 38.6 Å². The van der Waals surface area contributed by atoms with E-state index in [2.05, 4.69) is 5.10 Å². The minimum absolute atomic E-state index is 0.278. The Balaban J connectivity index is 2.08. The van der Waals surface area contributed by atoms with Crippen LogP contribution in [0.15, 0.2) is 12.4 Å². The summed E-state index contributed by atoms with van der Waals surface area (Å²) in [7, 11) is 1.94. The molecule has 0 amide bonds. The summed E-state index contributed by atoms with van der Waals surface area (Å²) in [5.41, 5.74) is 7.29. The maximum atomic E-state index is 6.03. The minimum atomic E-state index is 0.278. The molecule has 0 aliphatic carbocycles. The third kappa shape index (κ3) is 5.28. The van der Waals surface area contributed by atoms with Gasteiger partial charge in [0, 0.05) is 32.5 Å². The van der Waals surface area contributed by atoms with Crippen molar-refractivity contribution in [1.82, 2.24) is 9.78 Å². The van der Waals surface area contributed by atoms with Gasteiger partial charge < -0.3 is 10.5 Å². The molecule has 92 valence electrons. The zero-order valence-corrected chi connectivity index (χ0v) is 10.4. The van der Waals surface area contributed by atoms with E-state index in [0.29, 0.717) is 0 Å². The van der Waals surface area contributed by atoms with Gasteiger partial charge in [-0.25, -0.2) is 0 Å². The van der Waals surface area contributed by atoms with Gasteiger partial charge in [-0.05, 0) is 38.2 Å². The van der Waals surface area contributed by atoms with E-state index in [1.54, 1.807) is 0 Å². The molecule has 0 bridgehead atoms. The van der Waals surface area contributed by atoms with Crippen molar-refractivity contribution in [3.63, 3.8) is 0 Å². The average Bonchev–Trinajstić information content (AvgIpc) is 2.68. The summed E-state index contributed by atoms with van der Waals surface area (Å²) in [5.74, 6) is 0. The number of hydrogen-bond acceptors (Lipinski definition) is 3. The molecule has 1 rings (SSSR count). The molecular formula is C12H23N3O. The highest BCUT2D eigenvalue weighted by Gasteiger charge is 2.04. The van der Waals surface area contributed by atoms with Crippen molar-refractivity contribution in [1.29, 1.82) is 0 Å². The van der Waals surface area contributed by atoms with E-state index in [0.717, 1.165) is 38.9 Å². The topological polar surface area (TPSA) is 53.1 Å². The van der Waals surface area contributed by atoms with Gasteiger partial charge in [0.15, 0.2) is 0 Å². The summed E-state index contributed by atoms with van der Waals surface area (Å²) in [6.07, 6.45) is 8.10. The van der Waals surface area contributed by atoms with Crippen molar-refractivity contribution in [3.8, 4) is 0 Å². The Morgan fingerprint density at radius 3 is 2.94 bits per heavy atom. The van der Waals surface area contributed by atoms with E-state index >= 15 is 0 Å². The monoisotopic (exact) mass is 225 g/mol. The van der Waals surface area contributed by atoms with Gasteiger partial charge in [0.25, 0.3) is 0 Å². The Morgan fingerprint density at radius 2 is 2.31 bits per heavy atom. The second kappa shape index (κ2) is 7.41. The smallest absolute Gasteiger partial charge is 0.0521 e. The molecule has 0 radical (unpaired) electrons. The summed E-state index contributed by atoms with van der Waals surface area (Å²) in [5, 5.41) is 4.14. The largest absolute Gasteiger partial charge is 0.382 e. The van der Waals surface area contributed by atoms with E-state index in [4.69, 9.17) is 10.5 Å². The van der Waals surface area contributed by atoms with Crippen molar-refractivity contribution >= 4 is 0 Å². The lowest BCUT2D eigenvalue weighted by Gasteiger charge is -2.10. The fourth-order valence-electron chi connectivity index (χ4n) is 1.69. The number of nitrogens with zero attached hydrogens (tertiary/aromatic N) is 2. The average molecular weight is 225 g/mol. The van der Waals surface area contributed by atoms with Crippen LogP contribution in [0.2, 0.25) is 0 Å². The molecule has 0 saturated heterocycles. The quantitative estimate of drug-likeness (QED) is 0.682. The molecule has 1 heterocycles. The normalized spacial score (nSPS) is 12.9. The SMILES string of the molecule is CCOCCCC(N)CCc1cnn(C)c1. The highest BCUT2D eigenvalue weighted by molar-refractivity contribution is 5.03. The maximum Gasteiger partial charge on any atom is 0.0521 e. The molecule has 4 nitrogen and oxygen atoms in total. The van der Waals surface area contributed by atoms with Crippen LogP contribution < -0.4 is 5.73 Å². The maximum absolute atomic E-state index is 6.03. The molecule has 1 atom stereocenters. The fourth-order valence-corrected chi connectivity index (χ4v) is 1.69. The minimum Gasteiger partial charge on any atom is -0.382 e. The summed E-state index contributed by atoms with van der Waals surface area (Å²) in [6.45, 7) is 3.64. The Kier molecular flexibility index (Phi) is 6.11. The highest BCUT2D eigenvalue weighted by Crippen LogP contribution is 2.06. The van der Waals surface area contributed by atoms with E-state index in [9.17, 15) is 0 Å². The summed E-state index contributed by atoms with van der Waals surface area (Å²) in [4.78, 5) is 0. The highest BCUT2D eigenvalue weighted by atomic mass is 16.5. The molecule has 0 saturated carbocycles. The predicted octanol–water partition coefficient (Wildman–Crippen LogP) is 1.50. The molecule has 0 aliphatic rings. The number of rotatable bonds is 8. The molecule has 1 unspecified atom stereocenters. The van der Waals surface area contributed by atoms with Crippen molar-refractivity contribution in [2.24, 2.45) is 12.8 Å². The summed E-state index contributed by atoms with van der Waals surface area (Å²) in [6, 6.07) is 0.278. The van der Waals surface area contributed by atoms with Gasteiger partial charge in [-0.15, -0.1) is 0 Å². The number of nitrogens with two attached hydrogens (primary N) is 1. The molecular weight excluding hydrogens is 202 g/mol. The Hall–Kier alpha value is -0.870. The van der Waals surface area contributed by atoms with E-state index < -0.39 is 0 Å². The van der Waals surface area contributed by atoms with Crippen LogP contribution in [0.5, 0.6) is 0 Å². The molecule has 1 aromatic rings. The van der Waals surface area contributed by atoms with E-state index in [1.165, 1.54) is 5.56 Å². The molecule has 0 fully saturated rings. The van der Waals surface area contributed by atoms with Gasteiger partial charge in [-0.2, -0.15) is 5.10 Å². The van der Waals surface area contributed by atoms with Crippen molar-refractivity contribution < 1.29 is 4.74 Å². The van der Waals surface area contributed by atoms with Gasteiger partial charge in [0.2, 0.25) is 0 Å². The van der Waals surface area contributed by atoms with Crippen LogP contribution >= 0.6 is 0 Å². The second-order valence-corrected chi connectivity index (χ2v) is 4.16. The number of aromatic nitrogens is 2. The third-order valence-corrected chi connectivity index (χ3v) is 2.63. The molecule has 4 heteroatoms. The first kappa shape index (κ1) is 13.2. The Morgan fingerprint density at radius 1 is 1.50 bits per heavy atom. The van der Waals surface area contributed by atoms with Gasteiger partial charge in [0.05, 0.1) is 6.20 Å². The molecule has 1 aromatic heterocycles. The first-order valence-corrected chi connectivity index (χ1v) is 6.03. The number of ether oxygens (including phenoxy) is 1. The second-order valence-electron chi connectivity index (χ2n) is 4.16. The van der Waals surface area contributed by atoms with Gasteiger partial charge in [0.1, 0.15) is 0 Å². The van der Waals surface area contributed by atoms with E-state index in [1.807, 2.05) is 31.0 Å². The van der Waals surface area contributed by atoms with Crippen LogP contribution in [0.4, 0.5) is 0 Å². The third-order valence-electron chi connectivity index (χ3n) is 2.63. The van der Waals surface area contributed by atoms with Crippen LogP contribution in [0.3, 0.4) is 0 Å². The van der Waals surface area contributed by atoms with Gasteiger partial charge in [-0.3, -0.25) is 4.68 Å². The van der Waals surface area contributed by atoms with Crippen LogP contribution in [0.25, 0.3) is 0 Å². The molecule has 0 aromatic carbocycles. The lowest BCUT2D eigenvalue weighted by molar-refractivity contribution is 0.141. The van der Waals surface area contributed by atoms with Gasteiger partial charge >= 0.3 is 0 Å². The van der Waals surface area contributed by atoms with Gasteiger partial charge in [-0.1, -0.05) is 0 Å². The molecule has 2 N–H and O–H groups in total. The lowest BCUT2D eigenvalue weighted by atomic mass is 10.0. The standard InChI is InChI=1S/C12H23N3O/c1-3-16-8-4-5-12(13)7-6-11-9-14-15(2)10-11/h9-10,12H,3-8,13H2,1-2H3. The first-order valence-electron chi connectivity index (χ1n) is 6.03. The van der Waals surface area contributed by atoms with Crippen molar-refractivity contribution in [3.05, 3.63) is 18.0 Å². The van der Waals surface area contributed by atoms with Crippen LogP contribution in [-0.2, 0) is 18.2 Å². The zero-order chi connectivity index (χ0) is 11.8. The Bertz CT molecular complexity index is 286.